The molecule has 1 N–H and O–H groups in total. The monoisotopic (exact) mass is 427 g/mol. The lowest BCUT2D eigenvalue weighted by molar-refractivity contribution is 0.609. The molecule has 0 saturated carbocycles. The fourth-order valence-electron chi connectivity index (χ4n) is 2.49. The zero-order chi connectivity index (χ0) is 15.0. The molecule has 0 aliphatic rings. The third-order valence-electron chi connectivity index (χ3n) is 3.47. The van der Waals surface area contributed by atoms with Crippen LogP contribution in [0, 0.1) is 5.82 Å². The Morgan fingerprint density at radius 2 is 1.86 bits per heavy atom. The van der Waals surface area contributed by atoms with Gasteiger partial charge in [0.05, 0.1) is 10.5 Å². The van der Waals surface area contributed by atoms with Gasteiger partial charge >= 0.3 is 0 Å². The number of benzene rings is 2. The first-order valence-electron chi connectivity index (χ1n) is 6.40. The molecule has 0 saturated heterocycles. The molecule has 2 aromatic carbocycles. The van der Waals surface area contributed by atoms with Gasteiger partial charge in [-0.2, -0.15) is 0 Å². The van der Waals surface area contributed by atoms with Crippen molar-refractivity contribution < 1.29 is 4.39 Å². The standard InChI is InChI=1S/C16H12Br2FNS/c1-20-15(10-5-3-7-13(19)14(10)18)11-8-21-16-9(11)4-2-6-12(16)17/h2-8,15,20H,1H3. The Kier molecular flexibility index (Phi) is 4.45. The van der Waals surface area contributed by atoms with Gasteiger partial charge in [0.15, 0.2) is 0 Å². The second kappa shape index (κ2) is 6.16. The summed E-state index contributed by atoms with van der Waals surface area (Å²) in [5.74, 6) is -0.242. The van der Waals surface area contributed by atoms with Crippen LogP contribution in [0.3, 0.4) is 0 Å². The Labute approximate surface area is 143 Å². The summed E-state index contributed by atoms with van der Waals surface area (Å²) in [6.45, 7) is 0. The molecule has 1 nitrogen and oxygen atoms in total. The van der Waals surface area contributed by atoms with Crippen LogP contribution in [0.1, 0.15) is 17.2 Å². The van der Waals surface area contributed by atoms with E-state index >= 15 is 0 Å². The van der Waals surface area contributed by atoms with Crippen molar-refractivity contribution in [2.75, 3.05) is 7.05 Å². The van der Waals surface area contributed by atoms with Gasteiger partial charge in [-0.1, -0.05) is 24.3 Å². The highest BCUT2D eigenvalue weighted by atomic mass is 79.9. The maximum atomic E-state index is 13.8. The molecule has 1 atom stereocenters. The van der Waals surface area contributed by atoms with Crippen LogP contribution >= 0.6 is 43.2 Å². The predicted octanol–water partition coefficient (Wildman–Crippen LogP) is 5.87. The SMILES string of the molecule is CNC(c1cccc(F)c1Br)c1csc2c(Br)cccc12. The van der Waals surface area contributed by atoms with Gasteiger partial charge in [0.25, 0.3) is 0 Å². The van der Waals surface area contributed by atoms with Crippen molar-refractivity contribution in [1.82, 2.24) is 5.32 Å². The number of thiophene rings is 1. The minimum absolute atomic E-state index is 0.0573. The van der Waals surface area contributed by atoms with E-state index in [0.29, 0.717) is 4.47 Å². The molecule has 0 amide bonds. The van der Waals surface area contributed by atoms with Crippen molar-refractivity contribution in [3.05, 3.63) is 67.7 Å². The van der Waals surface area contributed by atoms with Crippen molar-refractivity contribution in [2.45, 2.75) is 6.04 Å². The topological polar surface area (TPSA) is 12.0 Å². The average Bonchev–Trinajstić information content (AvgIpc) is 2.90. The van der Waals surface area contributed by atoms with E-state index in [4.69, 9.17) is 0 Å². The molecule has 3 aromatic rings. The van der Waals surface area contributed by atoms with Gasteiger partial charge in [0.2, 0.25) is 0 Å². The Bertz CT molecular complexity index is 800. The van der Waals surface area contributed by atoms with Crippen LogP contribution in [-0.4, -0.2) is 7.05 Å². The molecule has 1 unspecified atom stereocenters. The summed E-state index contributed by atoms with van der Waals surface area (Å²) in [6.07, 6.45) is 0. The van der Waals surface area contributed by atoms with Crippen LogP contribution in [0.2, 0.25) is 0 Å². The van der Waals surface area contributed by atoms with Gasteiger partial charge in [-0.25, -0.2) is 4.39 Å². The van der Waals surface area contributed by atoms with Crippen molar-refractivity contribution in [3.63, 3.8) is 0 Å². The number of fused-ring (bicyclic) bond motifs is 1. The minimum atomic E-state index is -0.242. The fourth-order valence-corrected chi connectivity index (χ4v) is 4.63. The molecule has 108 valence electrons. The summed E-state index contributed by atoms with van der Waals surface area (Å²) in [4.78, 5) is 0. The summed E-state index contributed by atoms with van der Waals surface area (Å²) in [5, 5.41) is 6.61. The Balaban J connectivity index is 2.19. The number of rotatable bonds is 3. The lowest BCUT2D eigenvalue weighted by Crippen LogP contribution is -2.18. The van der Waals surface area contributed by atoms with E-state index in [0.717, 1.165) is 15.6 Å². The molecule has 0 aliphatic heterocycles. The molecule has 5 heteroatoms. The average molecular weight is 429 g/mol. The summed E-state index contributed by atoms with van der Waals surface area (Å²) in [5.41, 5.74) is 2.06. The predicted molar refractivity (Wildman–Crippen MR) is 94.5 cm³/mol. The van der Waals surface area contributed by atoms with E-state index in [1.807, 2.05) is 25.2 Å². The molecule has 0 bridgehead atoms. The first-order chi connectivity index (χ1) is 10.1. The third kappa shape index (κ3) is 2.68. The lowest BCUT2D eigenvalue weighted by atomic mass is 9.98. The van der Waals surface area contributed by atoms with Crippen molar-refractivity contribution in [3.8, 4) is 0 Å². The molecule has 21 heavy (non-hydrogen) atoms. The lowest BCUT2D eigenvalue weighted by Gasteiger charge is -2.18. The fraction of sp³-hybridized carbons (Fsp3) is 0.125. The van der Waals surface area contributed by atoms with Gasteiger partial charge in [0, 0.05) is 9.17 Å². The summed E-state index contributed by atoms with van der Waals surface area (Å²) < 4.78 is 16.6. The zero-order valence-corrected chi connectivity index (χ0v) is 15.1. The second-order valence-corrected chi connectivity index (χ2v) is 7.20. The summed E-state index contributed by atoms with van der Waals surface area (Å²) >= 11 is 8.64. The maximum absolute atomic E-state index is 13.8. The highest BCUT2D eigenvalue weighted by Gasteiger charge is 2.20. The number of hydrogen-bond acceptors (Lipinski definition) is 2. The van der Waals surface area contributed by atoms with Gasteiger partial charge in [-0.15, -0.1) is 11.3 Å². The van der Waals surface area contributed by atoms with Gasteiger partial charge in [-0.3, -0.25) is 0 Å². The summed E-state index contributed by atoms with van der Waals surface area (Å²) in [6, 6.07) is 11.2. The zero-order valence-electron chi connectivity index (χ0n) is 11.2. The van der Waals surface area contributed by atoms with E-state index in [2.05, 4.69) is 48.6 Å². The second-order valence-electron chi connectivity index (χ2n) is 4.67. The Morgan fingerprint density at radius 1 is 1.10 bits per heavy atom. The number of nitrogens with one attached hydrogen (secondary N) is 1. The van der Waals surface area contributed by atoms with Crippen LogP contribution in [0.15, 0.2) is 50.7 Å². The minimum Gasteiger partial charge on any atom is -0.309 e. The number of halogens is 3. The van der Waals surface area contributed by atoms with Crippen LogP contribution in [0.25, 0.3) is 10.1 Å². The van der Waals surface area contributed by atoms with Gasteiger partial charge in [-0.05, 0) is 72.9 Å². The van der Waals surface area contributed by atoms with Crippen molar-refractivity contribution in [2.24, 2.45) is 0 Å². The van der Waals surface area contributed by atoms with E-state index in [9.17, 15) is 4.39 Å². The molecule has 3 rings (SSSR count). The molecule has 0 spiro atoms. The van der Waals surface area contributed by atoms with Crippen LogP contribution in [0.4, 0.5) is 4.39 Å². The van der Waals surface area contributed by atoms with Crippen LogP contribution < -0.4 is 5.32 Å². The summed E-state index contributed by atoms with van der Waals surface area (Å²) in [7, 11) is 1.89. The molecule has 0 fully saturated rings. The molecule has 1 aromatic heterocycles. The Morgan fingerprint density at radius 3 is 2.62 bits per heavy atom. The largest absolute Gasteiger partial charge is 0.309 e. The molecule has 0 radical (unpaired) electrons. The smallest absolute Gasteiger partial charge is 0.137 e. The maximum Gasteiger partial charge on any atom is 0.137 e. The molecule has 1 heterocycles. The first-order valence-corrected chi connectivity index (χ1v) is 8.87. The highest BCUT2D eigenvalue weighted by Crippen LogP contribution is 2.39. The van der Waals surface area contributed by atoms with Crippen molar-refractivity contribution in [1.29, 1.82) is 0 Å². The van der Waals surface area contributed by atoms with E-state index < -0.39 is 0 Å². The third-order valence-corrected chi connectivity index (χ3v) is 6.28. The Hall–Kier alpha value is -0.750. The van der Waals surface area contributed by atoms with Gasteiger partial charge in [0.1, 0.15) is 5.82 Å². The van der Waals surface area contributed by atoms with Crippen LogP contribution in [0.5, 0.6) is 0 Å². The molecular weight excluding hydrogens is 417 g/mol. The van der Waals surface area contributed by atoms with Crippen LogP contribution in [-0.2, 0) is 0 Å². The molecule has 0 aliphatic carbocycles. The van der Waals surface area contributed by atoms with E-state index in [-0.39, 0.29) is 11.9 Å². The van der Waals surface area contributed by atoms with Gasteiger partial charge < -0.3 is 5.32 Å². The normalized spacial score (nSPS) is 12.8. The first kappa shape index (κ1) is 15.2. The molecular formula is C16H12Br2FNS. The van der Waals surface area contributed by atoms with E-state index in [1.165, 1.54) is 16.2 Å². The quantitative estimate of drug-likeness (QED) is 0.549. The van der Waals surface area contributed by atoms with E-state index in [1.54, 1.807) is 17.4 Å². The highest BCUT2D eigenvalue weighted by molar-refractivity contribution is 9.11. The number of hydrogen-bond donors (Lipinski definition) is 1. The van der Waals surface area contributed by atoms with Crippen molar-refractivity contribution >= 4 is 53.3 Å².